The molecular weight excluding hydrogens is 736 g/mol. The Hall–Kier alpha value is -0.940. The third-order valence-corrected chi connectivity index (χ3v) is 9.19. The van der Waals surface area contributed by atoms with Crippen molar-refractivity contribution in [3.63, 3.8) is 0 Å². The highest BCUT2D eigenvalue weighted by Gasteiger charge is 2.53. The Kier molecular flexibility index (Phi) is 14.2. The van der Waals surface area contributed by atoms with Gasteiger partial charge in [0.2, 0.25) is 0 Å². The van der Waals surface area contributed by atoms with E-state index >= 15 is 0 Å². The Bertz CT molecular complexity index is 1310. The Morgan fingerprint density at radius 3 is 1.50 bits per heavy atom. The topological polar surface area (TPSA) is 395 Å². The molecule has 4 fully saturated rings. The van der Waals surface area contributed by atoms with Gasteiger partial charge in [-0.2, -0.15) is 16.8 Å². The van der Waals surface area contributed by atoms with Crippen molar-refractivity contribution in [3.8, 4) is 0 Å². The standard InChI is InChI=1S/C23H42N2O23S2/c1-39-22-18(47-49(33,34)35)13(29)8(4-40-22)45-21-11(25)16(32)17(7(3-27)43-21)46-23-19(48-50(36,37)38)14(30)9(5-41-23)44-20-10(24)15(31)12(28)6(2-26)42-20/h6-23,26-32H,2-5,24-25H2,1H3,(H,33,34,35)(H,36,37,38)/t6?,7?,8-,9+,10?,11?,12+,13?,14-,15+,16+,17+,18?,19?,20+,21+,22-,23-/m0/s1. The molecule has 4 heterocycles. The molecule has 0 aromatic rings. The minimum Gasteiger partial charge on any atom is -0.394 e. The van der Waals surface area contributed by atoms with Gasteiger partial charge < -0.3 is 85.1 Å². The maximum atomic E-state index is 11.7. The second-order valence-corrected chi connectivity index (χ2v) is 13.7. The third kappa shape index (κ3) is 9.78. The largest absolute Gasteiger partial charge is 0.397 e. The number of methoxy groups -OCH3 is 1. The van der Waals surface area contributed by atoms with E-state index in [4.69, 9.17) is 53.9 Å². The molecule has 0 saturated carbocycles. The van der Waals surface area contributed by atoms with E-state index in [0.717, 1.165) is 7.11 Å². The molecule has 4 rings (SSSR count). The zero-order chi connectivity index (χ0) is 37.3. The van der Waals surface area contributed by atoms with E-state index in [1.165, 1.54) is 0 Å². The van der Waals surface area contributed by atoms with Gasteiger partial charge in [0.1, 0.15) is 61.0 Å². The maximum Gasteiger partial charge on any atom is 0.397 e. The van der Waals surface area contributed by atoms with Gasteiger partial charge >= 0.3 is 20.8 Å². The van der Waals surface area contributed by atoms with Crippen molar-refractivity contribution in [2.45, 2.75) is 110 Å². The van der Waals surface area contributed by atoms with Crippen molar-refractivity contribution in [3.05, 3.63) is 0 Å². The fourth-order valence-corrected chi connectivity index (χ4v) is 6.63. The summed E-state index contributed by atoms with van der Waals surface area (Å²) in [6.07, 6.45) is -27.4. The molecule has 4 aliphatic rings. The molecule has 4 aliphatic heterocycles. The second kappa shape index (κ2) is 17.0. The van der Waals surface area contributed by atoms with Crippen LogP contribution in [0.1, 0.15) is 0 Å². The molecule has 0 spiro atoms. The molecule has 13 N–H and O–H groups in total. The van der Waals surface area contributed by atoms with Crippen molar-refractivity contribution >= 4 is 20.8 Å². The van der Waals surface area contributed by atoms with Gasteiger partial charge in [-0.1, -0.05) is 0 Å². The Morgan fingerprint density at radius 1 is 0.600 bits per heavy atom. The SMILES string of the molecule is CO[C@H]1OC[C@H](O[C@H]2OC(CO)[C@@H](O[C@@H]3OC[C@@H](O[C@H]4OC(CO)[C@@H](O)[C@H](O)C4N)[C@H](O)C3OS(=O)(=O)O)[C@H](O)C2N)C(O)C1OS(=O)(=O)O. The van der Waals surface area contributed by atoms with Crippen LogP contribution in [0.4, 0.5) is 0 Å². The first-order chi connectivity index (χ1) is 23.3. The normalized spacial score (nSPS) is 46.5. The number of rotatable bonds is 13. The van der Waals surface area contributed by atoms with Crippen LogP contribution in [0.5, 0.6) is 0 Å². The number of nitrogens with two attached hydrogens (primary N) is 2. The van der Waals surface area contributed by atoms with Gasteiger partial charge in [-0.15, -0.1) is 0 Å². The predicted octanol–water partition coefficient (Wildman–Crippen LogP) is -8.23. The quantitative estimate of drug-likeness (QED) is 0.0773. The van der Waals surface area contributed by atoms with Crippen LogP contribution in [-0.2, 0) is 67.1 Å². The van der Waals surface area contributed by atoms with Crippen LogP contribution in [0.3, 0.4) is 0 Å². The van der Waals surface area contributed by atoms with Crippen molar-refractivity contribution < 1.29 is 108 Å². The van der Waals surface area contributed by atoms with E-state index in [1.807, 2.05) is 0 Å². The van der Waals surface area contributed by atoms with Crippen LogP contribution >= 0.6 is 0 Å². The van der Waals surface area contributed by atoms with Crippen molar-refractivity contribution in [2.24, 2.45) is 11.5 Å². The van der Waals surface area contributed by atoms with Crippen LogP contribution in [0.15, 0.2) is 0 Å². The molecule has 27 heteroatoms. The molecule has 18 atom stereocenters. The molecule has 0 amide bonds. The van der Waals surface area contributed by atoms with Crippen LogP contribution in [0.2, 0.25) is 0 Å². The molecule has 25 nitrogen and oxygen atoms in total. The molecule has 0 bridgehead atoms. The number of aliphatic hydroxyl groups is 7. The predicted molar refractivity (Wildman–Crippen MR) is 151 cm³/mol. The second-order valence-electron chi connectivity index (χ2n) is 11.6. The van der Waals surface area contributed by atoms with Crippen LogP contribution in [-0.4, -0.2) is 206 Å². The highest BCUT2D eigenvalue weighted by atomic mass is 32.3. The molecule has 0 aromatic heterocycles. The fraction of sp³-hybridized carbons (Fsp3) is 1.00. The van der Waals surface area contributed by atoms with Gasteiger partial charge in [-0.3, -0.25) is 9.11 Å². The minimum absolute atomic E-state index is 0.472. The summed E-state index contributed by atoms with van der Waals surface area (Å²) in [6, 6.07) is -3.02. The molecule has 50 heavy (non-hydrogen) atoms. The fourth-order valence-electron chi connectivity index (χ4n) is 5.66. The first-order valence-electron chi connectivity index (χ1n) is 14.8. The monoisotopic (exact) mass is 778 g/mol. The van der Waals surface area contributed by atoms with E-state index in [2.05, 4.69) is 8.37 Å². The first kappa shape index (κ1) is 41.8. The van der Waals surface area contributed by atoms with Gasteiger partial charge in [-0.25, -0.2) is 8.37 Å². The lowest BCUT2D eigenvalue weighted by Gasteiger charge is -2.47. The van der Waals surface area contributed by atoms with Crippen LogP contribution in [0, 0.1) is 0 Å². The van der Waals surface area contributed by atoms with Crippen molar-refractivity contribution in [2.75, 3.05) is 33.5 Å². The van der Waals surface area contributed by atoms with Gasteiger partial charge in [0.15, 0.2) is 37.4 Å². The summed E-state index contributed by atoms with van der Waals surface area (Å²) in [6.45, 7) is -2.82. The molecule has 7 unspecified atom stereocenters. The Balaban J connectivity index is 1.46. The molecule has 4 saturated heterocycles. The highest BCUT2D eigenvalue weighted by molar-refractivity contribution is 7.81. The molecule has 0 aliphatic carbocycles. The Morgan fingerprint density at radius 2 is 1.04 bits per heavy atom. The van der Waals surface area contributed by atoms with E-state index in [-0.39, 0.29) is 0 Å². The molecule has 0 aromatic carbocycles. The number of aliphatic hydroxyl groups excluding tert-OH is 7. The number of ether oxygens (including phenoxy) is 8. The van der Waals surface area contributed by atoms with E-state index in [9.17, 15) is 57.1 Å². The summed E-state index contributed by atoms with van der Waals surface area (Å²) in [7, 11) is -9.37. The van der Waals surface area contributed by atoms with E-state index in [1.54, 1.807) is 0 Å². The minimum atomic E-state index is -5.36. The van der Waals surface area contributed by atoms with Gasteiger partial charge in [0.25, 0.3) is 0 Å². The van der Waals surface area contributed by atoms with Gasteiger partial charge in [0.05, 0.1) is 38.5 Å². The lowest BCUT2D eigenvalue weighted by molar-refractivity contribution is -0.355. The van der Waals surface area contributed by atoms with Gasteiger partial charge in [0, 0.05) is 7.11 Å². The maximum absolute atomic E-state index is 11.7. The number of hydrogen-bond acceptors (Lipinski definition) is 23. The average Bonchev–Trinajstić information content (AvgIpc) is 3.04. The molecular formula is C23H42N2O23S2. The first-order valence-corrected chi connectivity index (χ1v) is 17.5. The highest BCUT2D eigenvalue weighted by Crippen LogP contribution is 2.33. The van der Waals surface area contributed by atoms with Crippen LogP contribution < -0.4 is 11.5 Å². The number of hydrogen-bond donors (Lipinski definition) is 11. The summed E-state index contributed by atoms with van der Waals surface area (Å²) in [5.41, 5.74) is 11.9. The lowest BCUT2D eigenvalue weighted by atomic mass is 9.96. The van der Waals surface area contributed by atoms with Gasteiger partial charge in [-0.05, 0) is 0 Å². The summed E-state index contributed by atoms with van der Waals surface area (Å²) >= 11 is 0. The summed E-state index contributed by atoms with van der Waals surface area (Å²) in [5.74, 6) is 0. The zero-order valence-electron chi connectivity index (χ0n) is 25.9. The van der Waals surface area contributed by atoms with E-state index < -0.39 is 158 Å². The lowest BCUT2D eigenvalue weighted by Crippen LogP contribution is -2.67. The zero-order valence-corrected chi connectivity index (χ0v) is 27.6. The Labute approximate surface area is 284 Å². The van der Waals surface area contributed by atoms with Crippen molar-refractivity contribution in [1.29, 1.82) is 0 Å². The van der Waals surface area contributed by atoms with Crippen LogP contribution in [0.25, 0.3) is 0 Å². The molecule has 294 valence electrons. The summed E-state index contributed by atoms with van der Waals surface area (Å²) < 4.78 is 117. The summed E-state index contributed by atoms with van der Waals surface area (Å²) in [4.78, 5) is 0. The van der Waals surface area contributed by atoms with E-state index in [0.29, 0.717) is 0 Å². The smallest absolute Gasteiger partial charge is 0.394 e. The third-order valence-electron chi connectivity index (χ3n) is 8.26. The van der Waals surface area contributed by atoms with Crippen molar-refractivity contribution in [1.82, 2.24) is 0 Å². The summed E-state index contributed by atoms with van der Waals surface area (Å²) in [5, 5.41) is 72.5. The molecule has 0 radical (unpaired) electrons. The average molecular weight is 779 g/mol.